The molecule has 16 atom stereocenters. The van der Waals surface area contributed by atoms with Gasteiger partial charge in [-0.25, -0.2) is 0 Å². The Labute approximate surface area is 349 Å². The van der Waals surface area contributed by atoms with Crippen LogP contribution in [0.5, 0.6) is 0 Å². The number of cyclic esters (lactones) is 1. The first-order chi connectivity index (χ1) is 27.7. The molecule has 16 nitrogen and oxygen atoms in total. The first-order valence-electron chi connectivity index (χ1n) is 21.0. The summed E-state index contributed by atoms with van der Waals surface area (Å²) in [6.45, 7) is 14.0. The molecule has 0 aromatic carbocycles. The minimum absolute atomic E-state index is 0.00123. The van der Waals surface area contributed by atoms with Crippen LogP contribution in [-0.4, -0.2) is 151 Å². The minimum atomic E-state index is -1.50. The van der Waals surface area contributed by atoms with E-state index in [1.54, 1.807) is 71.8 Å². The molecule has 0 saturated carbocycles. The van der Waals surface area contributed by atoms with Crippen molar-refractivity contribution in [2.24, 2.45) is 17.8 Å². The average Bonchev–Trinajstić information content (AvgIpc) is 3.13. The lowest BCUT2D eigenvalue weighted by Gasteiger charge is -2.50. The summed E-state index contributed by atoms with van der Waals surface area (Å²) in [5.41, 5.74) is -1.50. The van der Waals surface area contributed by atoms with Gasteiger partial charge >= 0.3 is 17.9 Å². The standard InChI is InChI=1S/C43H71NO15/c1-12-32(47)56-31-22-34(49)53-26(5)16-14-13-15-17-30(46)25(4)21-29(18-19-45)39(40(31)52-11)59-42-37(50)36(44(9)10)38(27(6)55-42)58-35-23-43(8,51)41(28(7)54-35)57-33(48)20-24(2)3/h13-15,17,19,24-31,35-42,46,50-51H,12,16,18,20-23H2,1-11H3/b14-13+,17-15+/t25-,26-,27-,28+,29-,30+,31-,35+,36-,37-,38-,39+,40+,41+,42+,43-/m1/s1. The molecule has 59 heavy (non-hydrogen) atoms. The summed E-state index contributed by atoms with van der Waals surface area (Å²) >= 11 is 0. The van der Waals surface area contributed by atoms with E-state index in [2.05, 4.69) is 0 Å². The van der Waals surface area contributed by atoms with Crippen molar-refractivity contribution in [3.8, 4) is 0 Å². The van der Waals surface area contributed by atoms with Gasteiger partial charge < -0.3 is 62.9 Å². The number of aldehydes is 1. The largest absolute Gasteiger partial charge is 0.462 e. The van der Waals surface area contributed by atoms with Crippen LogP contribution in [0.2, 0.25) is 0 Å². The first-order valence-corrected chi connectivity index (χ1v) is 21.0. The van der Waals surface area contributed by atoms with Crippen molar-refractivity contribution >= 4 is 24.2 Å². The Kier molecular flexibility index (Phi) is 20.1. The number of methoxy groups -OCH3 is 1. The summed E-state index contributed by atoms with van der Waals surface area (Å²) in [5.74, 6) is -2.72. The van der Waals surface area contributed by atoms with Crippen LogP contribution < -0.4 is 0 Å². The third kappa shape index (κ3) is 14.7. The maximum atomic E-state index is 13.3. The fraction of sp³-hybridized carbons (Fsp3) is 0.814. The van der Waals surface area contributed by atoms with Gasteiger partial charge in [-0.15, -0.1) is 0 Å². The lowest BCUT2D eigenvalue weighted by Crippen LogP contribution is -2.66. The molecule has 3 rings (SSSR count). The van der Waals surface area contributed by atoms with Crippen LogP contribution in [0.15, 0.2) is 24.3 Å². The van der Waals surface area contributed by atoms with Crippen molar-refractivity contribution in [2.45, 2.75) is 186 Å². The SMILES string of the molecule is CCC(=O)O[C@@H]1CC(=O)O[C@H](C)C/C=C/C=C/[C@H](O)[C@H](C)C[C@@H](CC=O)[C@H](O[C@@H]2O[C@H](C)[C@@H](O[C@H]3C[C@@](C)(O)[C@@H](OC(=O)CC(C)C)[C@H](C)O3)[C@H](N(C)C)[C@H]2O)[C@H]1OC. The number of carbonyl (C=O) groups is 4. The molecular weight excluding hydrogens is 770 g/mol. The zero-order valence-corrected chi connectivity index (χ0v) is 36.8. The lowest BCUT2D eigenvalue weighted by molar-refractivity contribution is -0.344. The van der Waals surface area contributed by atoms with Gasteiger partial charge in [0.2, 0.25) is 0 Å². The van der Waals surface area contributed by atoms with Crippen LogP contribution in [0, 0.1) is 17.8 Å². The maximum absolute atomic E-state index is 13.3. The number of esters is 3. The Hall–Kier alpha value is -2.80. The highest BCUT2D eigenvalue weighted by Gasteiger charge is 2.53. The van der Waals surface area contributed by atoms with Crippen molar-refractivity contribution < 1.29 is 72.4 Å². The quantitative estimate of drug-likeness (QED) is 0.138. The predicted octanol–water partition coefficient (Wildman–Crippen LogP) is 3.40. The maximum Gasteiger partial charge on any atom is 0.309 e. The Morgan fingerprint density at radius 2 is 1.69 bits per heavy atom. The highest BCUT2D eigenvalue weighted by molar-refractivity contribution is 5.72. The molecule has 3 N–H and O–H groups in total. The zero-order chi connectivity index (χ0) is 44.2. The predicted molar refractivity (Wildman–Crippen MR) is 214 cm³/mol. The molecule has 0 spiro atoms. The summed E-state index contributed by atoms with van der Waals surface area (Å²) in [6, 6.07) is -0.782. The van der Waals surface area contributed by atoms with Gasteiger partial charge in [0, 0.05) is 39.2 Å². The van der Waals surface area contributed by atoms with Crippen LogP contribution in [0.4, 0.5) is 0 Å². The molecular formula is C43H71NO15. The molecule has 16 heteroatoms. The number of allylic oxidation sites excluding steroid dienone is 2. The molecule has 3 aliphatic rings. The first kappa shape index (κ1) is 50.6. The minimum Gasteiger partial charge on any atom is -0.462 e. The highest BCUT2D eigenvalue weighted by Crippen LogP contribution is 2.38. The van der Waals surface area contributed by atoms with Gasteiger partial charge in [0.1, 0.15) is 42.4 Å². The number of aliphatic hydroxyl groups excluding tert-OH is 2. The Morgan fingerprint density at radius 1 is 1.00 bits per heavy atom. The number of ether oxygens (including phenoxy) is 8. The van der Waals surface area contributed by atoms with Gasteiger partial charge in [0.05, 0.1) is 36.9 Å². The second-order valence-corrected chi connectivity index (χ2v) is 17.2. The van der Waals surface area contributed by atoms with Crippen molar-refractivity contribution in [1.29, 1.82) is 0 Å². The lowest BCUT2D eigenvalue weighted by atomic mass is 9.82. The van der Waals surface area contributed by atoms with Crippen LogP contribution in [-0.2, 0) is 57.1 Å². The van der Waals surface area contributed by atoms with Gasteiger partial charge in [0.25, 0.3) is 0 Å². The van der Waals surface area contributed by atoms with Gasteiger partial charge in [-0.2, -0.15) is 0 Å². The van der Waals surface area contributed by atoms with E-state index < -0.39 is 121 Å². The normalized spacial score (nSPS) is 40.2. The van der Waals surface area contributed by atoms with E-state index in [4.69, 9.17) is 37.9 Å². The molecule has 338 valence electrons. The van der Waals surface area contributed by atoms with Crippen LogP contribution in [0.3, 0.4) is 0 Å². The number of likely N-dealkylation sites (N-methyl/N-ethyl adjacent to an activating group) is 1. The number of carbonyl (C=O) groups excluding carboxylic acids is 4. The van der Waals surface area contributed by atoms with Crippen molar-refractivity contribution in [1.82, 2.24) is 4.90 Å². The van der Waals surface area contributed by atoms with Crippen molar-refractivity contribution in [3.05, 3.63) is 24.3 Å². The van der Waals surface area contributed by atoms with Crippen LogP contribution in [0.25, 0.3) is 0 Å². The van der Waals surface area contributed by atoms with E-state index >= 15 is 0 Å². The van der Waals surface area contributed by atoms with Gasteiger partial charge in [-0.05, 0) is 66.0 Å². The van der Waals surface area contributed by atoms with E-state index in [1.807, 2.05) is 26.8 Å². The van der Waals surface area contributed by atoms with E-state index in [9.17, 15) is 34.5 Å². The molecule has 0 aromatic rings. The third-order valence-corrected chi connectivity index (χ3v) is 11.2. The second kappa shape index (κ2) is 23.4. The number of hydrogen-bond donors (Lipinski definition) is 3. The van der Waals surface area contributed by atoms with E-state index in [1.165, 1.54) is 7.11 Å². The van der Waals surface area contributed by atoms with E-state index in [0.29, 0.717) is 6.42 Å². The molecule has 0 aliphatic carbocycles. The third-order valence-electron chi connectivity index (χ3n) is 11.2. The molecule has 0 unspecified atom stereocenters. The summed E-state index contributed by atoms with van der Waals surface area (Å²) in [4.78, 5) is 52.8. The van der Waals surface area contributed by atoms with Gasteiger partial charge in [-0.1, -0.05) is 52.0 Å². The molecule has 3 heterocycles. The molecule has 0 radical (unpaired) electrons. The van der Waals surface area contributed by atoms with Crippen LogP contribution in [0.1, 0.15) is 100 Å². The fourth-order valence-electron chi connectivity index (χ4n) is 8.12. The monoisotopic (exact) mass is 841 g/mol. The summed E-state index contributed by atoms with van der Waals surface area (Å²) in [6.07, 6.45) is -4.07. The molecule has 0 aromatic heterocycles. The molecule has 2 fully saturated rings. The Morgan fingerprint density at radius 3 is 2.29 bits per heavy atom. The topological polar surface area (TPSA) is 206 Å². The van der Waals surface area contributed by atoms with E-state index in [0.717, 1.165) is 6.29 Å². The summed E-state index contributed by atoms with van der Waals surface area (Å²) in [7, 11) is 4.87. The Balaban J connectivity index is 1.99. The average molecular weight is 842 g/mol. The van der Waals surface area contributed by atoms with Crippen molar-refractivity contribution in [3.63, 3.8) is 0 Å². The Bertz CT molecular complexity index is 1400. The summed E-state index contributed by atoms with van der Waals surface area (Å²) < 4.78 is 48.9. The highest BCUT2D eigenvalue weighted by atomic mass is 16.7. The number of aliphatic hydroxyl groups is 3. The number of hydrogen-bond acceptors (Lipinski definition) is 16. The molecule has 3 aliphatic heterocycles. The smallest absolute Gasteiger partial charge is 0.309 e. The molecule has 0 bridgehead atoms. The summed E-state index contributed by atoms with van der Waals surface area (Å²) in [5, 5.41) is 34.7. The van der Waals surface area contributed by atoms with E-state index in [-0.39, 0.29) is 38.0 Å². The fourth-order valence-corrected chi connectivity index (χ4v) is 8.12. The van der Waals surface area contributed by atoms with Gasteiger partial charge in [-0.3, -0.25) is 14.4 Å². The molecule has 2 saturated heterocycles. The van der Waals surface area contributed by atoms with Crippen LogP contribution >= 0.6 is 0 Å². The molecule has 0 amide bonds. The number of rotatable bonds is 13. The van der Waals surface area contributed by atoms with Crippen molar-refractivity contribution in [2.75, 3.05) is 21.2 Å². The zero-order valence-electron chi connectivity index (χ0n) is 36.8. The second-order valence-electron chi connectivity index (χ2n) is 17.2. The number of nitrogens with zero attached hydrogens (tertiary/aromatic N) is 1. The van der Waals surface area contributed by atoms with Gasteiger partial charge in [0.15, 0.2) is 18.7 Å².